The predicted molar refractivity (Wildman–Crippen MR) is 85.0 cm³/mol. The number of quaternary nitrogens is 1. The Hall–Kier alpha value is -1.91. The minimum atomic E-state index is -0.619. The number of pyridine rings is 1. The predicted octanol–water partition coefficient (Wildman–Crippen LogP) is 1.22. The maximum Gasteiger partial charge on any atom is 0.137 e. The van der Waals surface area contributed by atoms with Crippen LogP contribution < -0.4 is 9.64 Å². The summed E-state index contributed by atoms with van der Waals surface area (Å²) in [6.45, 7) is 4.38. The number of aliphatic hydroxyl groups excluding tert-OH is 1. The van der Waals surface area contributed by atoms with Gasteiger partial charge in [0, 0.05) is 25.2 Å². The minimum Gasteiger partial charge on any atom is -0.488 e. The third-order valence-corrected chi connectivity index (χ3v) is 4.25. The van der Waals surface area contributed by atoms with Crippen LogP contribution >= 0.6 is 0 Å². The maximum atomic E-state index is 10.3. The zero-order valence-corrected chi connectivity index (χ0v) is 12.7. The van der Waals surface area contributed by atoms with Crippen LogP contribution in [-0.4, -0.2) is 36.3 Å². The molecule has 1 aliphatic rings. The second-order valence-corrected chi connectivity index (χ2v) is 5.81. The van der Waals surface area contributed by atoms with E-state index < -0.39 is 6.10 Å². The fourth-order valence-electron chi connectivity index (χ4n) is 2.92. The second kappa shape index (κ2) is 7.38. The quantitative estimate of drug-likeness (QED) is 0.843. The molecule has 2 aromatic rings. The van der Waals surface area contributed by atoms with Crippen molar-refractivity contribution < 1.29 is 14.7 Å². The van der Waals surface area contributed by atoms with Gasteiger partial charge in [-0.05, 0) is 35.4 Å². The topological polar surface area (TPSA) is 46.8 Å². The molecule has 1 aromatic heterocycles. The first kappa shape index (κ1) is 15.0. The van der Waals surface area contributed by atoms with Crippen LogP contribution in [0, 0.1) is 0 Å². The lowest BCUT2D eigenvalue weighted by Gasteiger charge is -2.14. The molecular formula is C18H23N2O2+. The maximum absolute atomic E-state index is 10.3. The Morgan fingerprint density at radius 3 is 2.32 bits per heavy atom. The van der Waals surface area contributed by atoms with Gasteiger partial charge < -0.3 is 14.7 Å². The van der Waals surface area contributed by atoms with E-state index in [1.54, 1.807) is 17.3 Å². The van der Waals surface area contributed by atoms with Crippen molar-refractivity contribution in [1.29, 1.82) is 0 Å². The molecular weight excluding hydrogens is 276 g/mol. The lowest BCUT2D eigenvalue weighted by molar-refractivity contribution is -0.887. The standard InChI is InChI=1S/C18H22N2O2/c21-18(16-7-9-19-10-8-16)15-3-5-17(6-4-15)22-14-13-20-11-1-2-12-20/h3-10,18,21H,1-2,11-14H2/p+1/t18-/m1/s1. The summed E-state index contributed by atoms with van der Waals surface area (Å²) in [5.74, 6) is 0.865. The summed E-state index contributed by atoms with van der Waals surface area (Å²) >= 11 is 0. The Morgan fingerprint density at radius 1 is 1.00 bits per heavy atom. The van der Waals surface area contributed by atoms with Gasteiger partial charge in [-0.3, -0.25) is 4.98 Å². The molecule has 0 bridgehead atoms. The fraction of sp³-hybridized carbons (Fsp3) is 0.389. The first-order valence-electron chi connectivity index (χ1n) is 7.97. The molecule has 3 rings (SSSR count). The van der Waals surface area contributed by atoms with Gasteiger partial charge in [-0.2, -0.15) is 0 Å². The van der Waals surface area contributed by atoms with Crippen molar-refractivity contribution in [2.24, 2.45) is 0 Å². The van der Waals surface area contributed by atoms with E-state index in [9.17, 15) is 5.11 Å². The van der Waals surface area contributed by atoms with Gasteiger partial charge in [0.2, 0.25) is 0 Å². The molecule has 0 amide bonds. The molecule has 2 N–H and O–H groups in total. The highest BCUT2D eigenvalue weighted by Gasteiger charge is 2.14. The van der Waals surface area contributed by atoms with Gasteiger partial charge in [-0.1, -0.05) is 12.1 Å². The van der Waals surface area contributed by atoms with Crippen molar-refractivity contribution in [1.82, 2.24) is 4.98 Å². The first-order chi connectivity index (χ1) is 10.8. The SMILES string of the molecule is O[C@@H](c1ccncc1)c1ccc(OCC[NH+]2CCCC2)cc1. The molecule has 0 unspecified atom stereocenters. The van der Waals surface area contributed by atoms with E-state index >= 15 is 0 Å². The third-order valence-electron chi connectivity index (χ3n) is 4.25. The fourth-order valence-corrected chi connectivity index (χ4v) is 2.92. The van der Waals surface area contributed by atoms with Crippen LogP contribution in [0.2, 0.25) is 0 Å². The van der Waals surface area contributed by atoms with Crippen molar-refractivity contribution in [3.63, 3.8) is 0 Å². The smallest absolute Gasteiger partial charge is 0.137 e. The van der Waals surface area contributed by atoms with Crippen LogP contribution in [0.3, 0.4) is 0 Å². The highest BCUT2D eigenvalue weighted by molar-refractivity contribution is 5.33. The van der Waals surface area contributed by atoms with E-state index in [0.29, 0.717) is 0 Å². The molecule has 0 spiro atoms. The molecule has 1 fully saturated rings. The van der Waals surface area contributed by atoms with Gasteiger partial charge in [0.25, 0.3) is 0 Å². The van der Waals surface area contributed by atoms with Gasteiger partial charge in [-0.15, -0.1) is 0 Å². The summed E-state index contributed by atoms with van der Waals surface area (Å²) in [7, 11) is 0. The van der Waals surface area contributed by atoms with E-state index in [0.717, 1.165) is 30.0 Å². The number of hydrogen-bond donors (Lipinski definition) is 2. The molecule has 2 heterocycles. The van der Waals surface area contributed by atoms with Crippen LogP contribution in [0.25, 0.3) is 0 Å². The molecule has 0 aliphatic carbocycles. The van der Waals surface area contributed by atoms with Crippen LogP contribution in [0.5, 0.6) is 5.75 Å². The van der Waals surface area contributed by atoms with Crippen molar-refractivity contribution in [3.05, 3.63) is 59.9 Å². The number of benzene rings is 1. The van der Waals surface area contributed by atoms with Gasteiger partial charge >= 0.3 is 0 Å². The lowest BCUT2D eigenvalue weighted by Crippen LogP contribution is -3.10. The van der Waals surface area contributed by atoms with Gasteiger partial charge in [-0.25, -0.2) is 0 Å². The van der Waals surface area contributed by atoms with Crippen molar-refractivity contribution in [2.45, 2.75) is 18.9 Å². The van der Waals surface area contributed by atoms with E-state index in [2.05, 4.69) is 4.98 Å². The number of hydrogen-bond acceptors (Lipinski definition) is 3. The number of ether oxygens (including phenoxy) is 1. The zero-order valence-electron chi connectivity index (χ0n) is 12.7. The average Bonchev–Trinajstić information content (AvgIpc) is 3.09. The summed E-state index contributed by atoms with van der Waals surface area (Å²) < 4.78 is 5.80. The Morgan fingerprint density at radius 2 is 1.64 bits per heavy atom. The lowest BCUT2D eigenvalue weighted by atomic mass is 10.0. The molecule has 4 nitrogen and oxygen atoms in total. The molecule has 1 saturated heterocycles. The Kier molecular flexibility index (Phi) is 5.03. The number of rotatable bonds is 6. The molecule has 1 aromatic carbocycles. The van der Waals surface area contributed by atoms with E-state index in [1.165, 1.54) is 25.9 Å². The number of likely N-dealkylation sites (tertiary alicyclic amines) is 1. The number of aromatic nitrogens is 1. The minimum absolute atomic E-state index is 0.619. The van der Waals surface area contributed by atoms with Crippen molar-refractivity contribution in [2.75, 3.05) is 26.2 Å². The molecule has 1 aliphatic heterocycles. The van der Waals surface area contributed by atoms with E-state index in [-0.39, 0.29) is 0 Å². The largest absolute Gasteiger partial charge is 0.488 e. The highest BCUT2D eigenvalue weighted by Crippen LogP contribution is 2.23. The summed E-state index contributed by atoms with van der Waals surface area (Å²) in [4.78, 5) is 5.61. The molecule has 116 valence electrons. The van der Waals surface area contributed by atoms with E-state index in [1.807, 2.05) is 36.4 Å². The molecule has 1 atom stereocenters. The number of nitrogens with zero attached hydrogens (tertiary/aromatic N) is 1. The first-order valence-corrected chi connectivity index (χ1v) is 7.97. The van der Waals surface area contributed by atoms with Crippen LogP contribution in [0.1, 0.15) is 30.1 Å². The third kappa shape index (κ3) is 3.84. The highest BCUT2D eigenvalue weighted by atomic mass is 16.5. The Bertz CT molecular complexity index is 565. The van der Waals surface area contributed by atoms with Crippen molar-refractivity contribution in [3.8, 4) is 5.75 Å². The monoisotopic (exact) mass is 299 g/mol. The summed E-state index contributed by atoms with van der Waals surface area (Å²) in [5, 5.41) is 10.3. The summed E-state index contributed by atoms with van der Waals surface area (Å²) in [5.41, 5.74) is 1.71. The van der Waals surface area contributed by atoms with Gasteiger partial charge in [0.15, 0.2) is 0 Å². The summed E-state index contributed by atoms with van der Waals surface area (Å²) in [6, 6.07) is 11.4. The van der Waals surface area contributed by atoms with Crippen LogP contribution in [-0.2, 0) is 0 Å². The summed E-state index contributed by atoms with van der Waals surface area (Å²) in [6.07, 6.45) is 5.45. The van der Waals surface area contributed by atoms with Gasteiger partial charge in [0.05, 0.1) is 13.1 Å². The number of nitrogens with one attached hydrogen (secondary N) is 1. The average molecular weight is 299 g/mol. The van der Waals surface area contributed by atoms with Crippen LogP contribution in [0.15, 0.2) is 48.8 Å². The molecule has 22 heavy (non-hydrogen) atoms. The van der Waals surface area contributed by atoms with Gasteiger partial charge in [0.1, 0.15) is 25.0 Å². The van der Waals surface area contributed by atoms with E-state index in [4.69, 9.17) is 4.74 Å². The van der Waals surface area contributed by atoms with Crippen molar-refractivity contribution >= 4 is 0 Å². The zero-order chi connectivity index (χ0) is 15.2. The second-order valence-electron chi connectivity index (χ2n) is 5.81. The normalized spacial score (nSPS) is 16.6. The number of aliphatic hydroxyl groups is 1. The molecule has 4 heteroatoms. The Balaban J connectivity index is 1.53. The molecule has 0 saturated carbocycles. The van der Waals surface area contributed by atoms with Crippen LogP contribution in [0.4, 0.5) is 0 Å². The molecule has 0 radical (unpaired) electrons. The Labute approximate surface area is 131 Å².